The van der Waals surface area contributed by atoms with Gasteiger partial charge in [-0.15, -0.1) is 0 Å². The van der Waals surface area contributed by atoms with Gasteiger partial charge in [0.1, 0.15) is 11.5 Å². The molecule has 0 radical (unpaired) electrons. The van der Waals surface area contributed by atoms with Crippen molar-refractivity contribution in [2.24, 2.45) is 0 Å². The van der Waals surface area contributed by atoms with E-state index in [1.165, 1.54) is 14.0 Å². The van der Waals surface area contributed by atoms with Crippen LogP contribution in [0.4, 0.5) is 5.69 Å². The van der Waals surface area contributed by atoms with E-state index in [9.17, 15) is 9.59 Å². The van der Waals surface area contributed by atoms with Gasteiger partial charge in [0, 0.05) is 12.6 Å². The summed E-state index contributed by atoms with van der Waals surface area (Å²) in [5, 5.41) is 3.08. The van der Waals surface area contributed by atoms with E-state index >= 15 is 0 Å². The van der Waals surface area contributed by atoms with Gasteiger partial charge in [0.05, 0.1) is 17.7 Å². The molecule has 0 fully saturated rings. The van der Waals surface area contributed by atoms with Crippen LogP contribution in [0.5, 0.6) is 11.5 Å². The Hall–Kier alpha value is -2.53. The summed E-state index contributed by atoms with van der Waals surface area (Å²) in [6.07, 6.45) is 0. The Bertz CT molecular complexity index is 715. The van der Waals surface area contributed by atoms with E-state index in [1.807, 2.05) is 0 Å². The Morgan fingerprint density at radius 1 is 1.09 bits per heavy atom. The van der Waals surface area contributed by atoms with Crippen LogP contribution in [0.25, 0.3) is 0 Å². The van der Waals surface area contributed by atoms with E-state index in [0.29, 0.717) is 16.5 Å². The number of esters is 1. The Labute approximate surface area is 132 Å². The third kappa shape index (κ3) is 3.77. The second-order valence-corrected chi connectivity index (χ2v) is 4.80. The number of ether oxygens (including phenoxy) is 2. The monoisotopic (exact) mass is 319 g/mol. The summed E-state index contributed by atoms with van der Waals surface area (Å²) in [5.74, 6) is -0.182. The molecule has 1 amide bonds. The van der Waals surface area contributed by atoms with Crippen LogP contribution in [-0.4, -0.2) is 19.0 Å². The van der Waals surface area contributed by atoms with Crippen LogP contribution in [0.2, 0.25) is 5.02 Å². The second-order valence-electron chi connectivity index (χ2n) is 4.39. The number of methoxy groups -OCH3 is 1. The van der Waals surface area contributed by atoms with Crippen LogP contribution < -0.4 is 14.8 Å². The second kappa shape index (κ2) is 6.95. The summed E-state index contributed by atoms with van der Waals surface area (Å²) in [6, 6.07) is 11.4. The number of hydrogen-bond acceptors (Lipinski definition) is 4. The van der Waals surface area contributed by atoms with Gasteiger partial charge in [0.25, 0.3) is 5.91 Å². The SMILES string of the molecule is COc1ccc(NC(=O)c2ccccc2OC(C)=O)cc1Cl. The first-order chi connectivity index (χ1) is 10.5. The summed E-state index contributed by atoms with van der Waals surface area (Å²) in [7, 11) is 1.51. The van der Waals surface area contributed by atoms with Crippen LogP contribution in [0.1, 0.15) is 17.3 Å². The van der Waals surface area contributed by atoms with Crippen molar-refractivity contribution in [2.45, 2.75) is 6.92 Å². The predicted octanol–water partition coefficient (Wildman–Crippen LogP) is 3.53. The number of benzene rings is 2. The predicted molar refractivity (Wildman–Crippen MR) is 83.7 cm³/mol. The Morgan fingerprint density at radius 3 is 2.45 bits per heavy atom. The lowest BCUT2D eigenvalue weighted by molar-refractivity contribution is -0.131. The zero-order chi connectivity index (χ0) is 16.1. The molecule has 0 saturated carbocycles. The Balaban J connectivity index is 2.22. The highest BCUT2D eigenvalue weighted by molar-refractivity contribution is 6.32. The minimum Gasteiger partial charge on any atom is -0.495 e. The van der Waals surface area contributed by atoms with Crippen molar-refractivity contribution in [1.29, 1.82) is 0 Å². The van der Waals surface area contributed by atoms with Crippen LogP contribution in [-0.2, 0) is 4.79 Å². The summed E-state index contributed by atoms with van der Waals surface area (Å²) in [4.78, 5) is 23.4. The van der Waals surface area contributed by atoms with Gasteiger partial charge in [0.2, 0.25) is 0 Å². The molecule has 5 nitrogen and oxygen atoms in total. The molecule has 0 aliphatic carbocycles. The molecule has 1 N–H and O–H groups in total. The largest absolute Gasteiger partial charge is 0.495 e. The van der Waals surface area contributed by atoms with Crippen LogP contribution >= 0.6 is 11.6 Å². The summed E-state index contributed by atoms with van der Waals surface area (Å²) >= 11 is 6.01. The maximum Gasteiger partial charge on any atom is 0.308 e. The van der Waals surface area contributed by atoms with Crippen molar-refractivity contribution in [1.82, 2.24) is 0 Å². The summed E-state index contributed by atoms with van der Waals surface area (Å²) < 4.78 is 10.1. The minimum absolute atomic E-state index is 0.201. The van der Waals surface area contributed by atoms with Crippen LogP contribution in [0, 0.1) is 0 Å². The quantitative estimate of drug-likeness (QED) is 0.691. The first kappa shape index (κ1) is 15.9. The lowest BCUT2D eigenvalue weighted by Crippen LogP contribution is -2.14. The average Bonchev–Trinajstić information content (AvgIpc) is 2.47. The fourth-order valence-corrected chi connectivity index (χ4v) is 2.10. The average molecular weight is 320 g/mol. The zero-order valence-corrected chi connectivity index (χ0v) is 12.8. The van der Waals surface area contributed by atoms with Gasteiger partial charge >= 0.3 is 5.97 Å². The Kier molecular flexibility index (Phi) is 5.01. The number of carbonyl (C=O) groups is 2. The highest BCUT2D eigenvalue weighted by atomic mass is 35.5. The van der Waals surface area contributed by atoms with E-state index in [4.69, 9.17) is 21.1 Å². The smallest absolute Gasteiger partial charge is 0.308 e. The van der Waals surface area contributed by atoms with Gasteiger partial charge in [-0.25, -0.2) is 0 Å². The Morgan fingerprint density at radius 2 is 1.82 bits per heavy atom. The van der Waals surface area contributed by atoms with Crippen molar-refractivity contribution in [2.75, 3.05) is 12.4 Å². The lowest BCUT2D eigenvalue weighted by Gasteiger charge is -2.10. The van der Waals surface area contributed by atoms with Gasteiger partial charge in [-0.3, -0.25) is 9.59 Å². The molecule has 0 saturated heterocycles. The van der Waals surface area contributed by atoms with Crippen molar-refractivity contribution >= 4 is 29.2 Å². The first-order valence-corrected chi connectivity index (χ1v) is 6.81. The highest BCUT2D eigenvalue weighted by Crippen LogP contribution is 2.28. The molecular formula is C16H14ClNO4. The van der Waals surface area contributed by atoms with E-state index < -0.39 is 11.9 Å². The molecule has 0 atom stereocenters. The molecule has 0 heterocycles. The maximum atomic E-state index is 12.3. The molecule has 114 valence electrons. The number of hydrogen-bond donors (Lipinski definition) is 1. The van der Waals surface area contributed by atoms with Crippen molar-refractivity contribution in [3.8, 4) is 11.5 Å². The topological polar surface area (TPSA) is 64.6 Å². The first-order valence-electron chi connectivity index (χ1n) is 6.43. The van der Waals surface area contributed by atoms with Crippen molar-refractivity contribution < 1.29 is 19.1 Å². The molecule has 0 aliphatic rings. The van der Waals surface area contributed by atoms with E-state index in [1.54, 1.807) is 42.5 Å². The lowest BCUT2D eigenvalue weighted by atomic mass is 10.2. The number of rotatable bonds is 4. The van der Waals surface area contributed by atoms with Gasteiger partial charge < -0.3 is 14.8 Å². The van der Waals surface area contributed by atoms with Gasteiger partial charge in [-0.1, -0.05) is 23.7 Å². The molecule has 0 unspecified atom stereocenters. The molecule has 0 aliphatic heterocycles. The number of nitrogens with one attached hydrogen (secondary N) is 1. The standard InChI is InChI=1S/C16H14ClNO4/c1-10(19)22-14-6-4-3-5-12(14)16(20)18-11-7-8-15(21-2)13(17)9-11/h3-9H,1-2H3,(H,18,20). The maximum absolute atomic E-state index is 12.3. The number of para-hydroxylation sites is 1. The molecule has 0 aromatic heterocycles. The van der Waals surface area contributed by atoms with Gasteiger partial charge in [0.15, 0.2) is 0 Å². The normalized spacial score (nSPS) is 9.95. The summed E-state index contributed by atoms with van der Waals surface area (Å²) in [5.41, 5.74) is 0.762. The fraction of sp³-hybridized carbons (Fsp3) is 0.125. The third-order valence-electron chi connectivity index (χ3n) is 2.80. The van der Waals surface area contributed by atoms with E-state index in [0.717, 1.165) is 0 Å². The van der Waals surface area contributed by atoms with Crippen molar-refractivity contribution in [3.63, 3.8) is 0 Å². The summed E-state index contributed by atoms with van der Waals surface area (Å²) in [6.45, 7) is 1.28. The fourth-order valence-electron chi connectivity index (χ4n) is 1.84. The molecule has 2 rings (SSSR count). The molecule has 2 aromatic carbocycles. The molecule has 0 bridgehead atoms. The number of amides is 1. The van der Waals surface area contributed by atoms with E-state index in [-0.39, 0.29) is 11.3 Å². The number of halogens is 1. The van der Waals surface area contributed by atoms with E-state index in [2.05, 4.69) is 5.32 Å². The number of carbonyl (C=O) groups excluding carboxylic acids is 2. The van der Waals surface area contributed by atoms with Crippen LogP contribution in [0.15, 0.2) is 42.5 Å². The highest BCUT2D eigenvalue weighted by Gasteiger charge is 2.14. The third-order valence-corrected chi connectivity index (χ3v) is 3.09. The minimum atomic E-state index is -0.493. The number of anilines is 1. The van der Waals surface area contributed by atoms with Gasteiger partial charge in [-0.05, 0) is 30.3 Å². The molecule has 2 aromatic rings. The van der Waals surface area contributed by atoms with Crippen molar-refractivity contribution in [3.05, 3.63) is 53.1 Å². The van der Waals surface area contributed by atoms with Crippen LogP contribution in [0.3, 0.4) is 0 Å². The molecule has 6 heteroatoms. The molecule has 22 heavy (non-hydrogen) atoms. The molecule has 0 spiro atoms. The molecular weight excluding hydrogens is 306 g/mol. The van der Waals surface area contributed by atoms with Gasteiger partial charge in [-0.2, -0.15) is 0 Å². The zero-order valence-electron chi connectivity index (χ0n) is 12.1.